The summed E-state index contributed by atoms with van der Waals surface area (Å²) in [6.45, 7) is 6.24. The third kappa shape index (κ3) is 5.72. The molecule has 2 N–H and O–H groups in total. The lowest BCUT2D eigenvalue weighted by Crippen LogP contribution is -2.47. The number of piperidine rings is 1. The third-order valence-electron chi connectivity index (χ3n) is 4.38. The summed E-state index contributed by atoms with van der Waals surface area (Å²) in [7, 11) is 1.69. The van der Waals surface area contributed by atoms with Crippen LogP contribution >= 0.6 is 0 Å². The maximum absolute atomic E-state index is 12.3. The summed E-state index contributed by atoms with van der Waals surface area (Å²) in [6, 6.07) is 10.6. The van der Waals surface area contributed by atoms with Gasteiger partial charge in [0.05, 0.1) is 6.54 Å². The number of nitrogens with zero attached hydrogens (tertiary/aromatic N) is 2. The molecular formula is C19H28N4O. The average Bonchev–Trinajstić information content (AvgIpc) is 2.63. The quantitative estimate of drug-likeness (QED) is 0.476. The molecule has 1 fully saturated rings. The first-order chi connectivity index (χ1) is 11.7. The fourth-order valence-corrected chi connectivity index (χ4v) is 2.99. The van der Waals surface area contributed by atoms with Crippen LogP contribution in [-0.4, -0.2) is 50.0 Å². The van der Waals surface area contributed by atoms with Crippen LogP contribution in [0, 0.1) is 5.92 Å². The minimum Gasteiger partial charge on any atom is -0.353 e. The number of nitrogens with one attached hydrogen (secondary N) is 2. The Labute approximate surface area is 144 Å². The monoisotopic (exact) mass is 328 g/mol. The Hall–Kier alpha value is -2.30. The van der Waals surface area contributed by atoms with Gasteiger partial charge in [-0.15, -0.1) is 6.58 Å². The number of rotatable bonds is 6. The third-order valence-corrected chi connectivity index (χ3v) is 4.38. The van der Waals surface area contributed by atoms with Crippen LogP contribution in [0.25, 0.3) is 0 Å². The maximum Gasteiger partial charge on any atom is 0.241 e. The van der Waals surface area contributed by atoms with Gasteiger partial charge < -0.3 is 15.5 Å². The molecule has 130 valence electrons. The van der Waals surface area contributed by atoms with Crippen molar-refractivity contribution in [3.8, 4) is 0 Å². The van der Waals surface area contributed by atoms with Gasteiger partial charge in [-0.05, 0) is 30.7 Å². The van der Waals surface area contributed by atoms with Gasteiger partial charge in [-0.3, -0.25) is 9.79 Å². The summed E-state index contributed by atoms with van der Waals surface area (Å²) in [5.74, 6) is 1.43. The summed E-state index contributed by atoms with van der Waals surface area (Å²) in [6.07, 6.45) is 5.01. The van der Waals surface area contributed by atoms with Gasteiger partial charge in [-0.2, -0.15) is 0 Å². The fraction of sp³-hybridized carbons (Fsp3) is 0.474. The Kier molecular flexibility index (Phi) is 7.33. The number of hydrogen-bond acceptors (Lipinski definition) is 2. The number of carbonyl (C=O) groups is 1. The molecular weight excluding hydrogens is 300 g/mol. The molecule has 0 unspecified atom stereocenters. The molecule has 0 aliphatic carbocycles. The van der Waals surface area contributed by atoms with E-state index in [1.165, 1.54) is 5.56 Å². The maximum atomic E-state index is 12.3. The molecule has 1 aromatic carbocycles. The van der Waals surface area contributed by atoms with Crippen LogP contribution < -0.4 is 10.6 Å². The number of guanidine groups is 1. The van der Waals surface area contributed by atoms with Crippen molar-refractivity contribution < 1.29 is 4.79 Å². The highest BCUT2D eigenvalue weighted by atomic mass is 16.2. The van der Waals surface area contributed by atoms with E-state index in [4.69, 9.17) is 0 Å². The Morgan fingerprint density at radius 1 is 1.29 bits per heavy atom. The minimum absolute atomic E-state index is 0.134. The molecule has 0 radical (unpaired) electrons. The lowest BCUT2D eigenvalue weighted by molar-refractivity contribution is -0.131. The van der Waals surface area contributed by atoms with E-state index in [-0.39, 0.29) is 12.5 Å². The van der Waals surface area contributed by atoms with E-state index < -0.39 is 0 Å². The van der Waals surface area contributed by atoms with E-state index in [0.717, 1.165) is 32.4 Å². The zero-order chi connectivity index (χ0) is 17.2. The number of benzene rings is 1. The molecule has 5 heteroatoms. The fourth-order valence-electron chi connectivity index (χ4n) is 2.99. The highest BCUT2D eigenvalue weighted by Crippen LogP contribution is 2.21. The predicted octanol–water partition coefficient (Wildman–Crippen LogP) is 1.82. The van der Waals surface area contributed by atoms with Crippen molar-refractivity contribution in [1.82, 2.24) is 15.5 Å². The molecule has 0 bridgehead atoms. The Morgan fingerprint density at radius 3 is 2.62 bits per heavy atom. The molecule has 1 saturated heterocycles. The van der Waals surface area contributed by atoms with E-state index in [2.05, 4.69) is 52.5 Å². The van der Waals surface area contributed by atoms with Crippen molar-refractivity contribution >= 4 is 11.9 Å². The number of likely N-dealkylation sites (tertiary alicyclic amines) is 1. The van der Waals surface area contributed by atoms with Crippen LogP contribution in [0.4, 0.5) is 0 Å². The predicted molar refractivity (Wildman–Crippen MR) is 99.0 cm³/mol. The molecule has 1 heterocycles. The number of aliphatic imine (C=N–C) groups is 1. The summed E-state index contributed by atoms with van der Waals surface area (Å²) >= 11 is 0. The molecule has 5 nitrogen and oxygen atoms in total. The smallest absolute Gasteiger partial charge is 0.241 e. The first-order valence-electron chi connectivity index (χ1n) is 8.60. The van der Waals surface area contributed by atoms with Crippen molar-refractivity contribution in [1.29, 1.82) is 0 Å². The van der Waals surface area contributed by atoms with Crippen LogP contribution in [0.15, 0.2) is 48.0 Å². The van der Waals surface area contributed by atoms with Gasteiger partial charge in [-0.25, -0.2) is 0 Å². The zero-order valence-electron chi connectivity index (χ0n) is 14.5. The Morgan fingerprint density at radius 2 is 2.00 bits per heavy atom. The topological polar surface area (TPSA) is 56.7 Å². The molecule has 0 atom stereocenters. The largest absolute Gasteiger partial charge is 0.353 e. The van der Waals surface area contributed by atoms with E-state index >= 15 is 0 Å². The average molecular weight is 328 g/mol. The molecule has 1 amide bonds. The van der Waals surface area contributed by atoms with E-state index in [1.54, 1.807) is 13.1 Å². The van der Waals surface area contributed by atoms with Crippen molar-refractivity contribution in [3.05, 3.63) is 48.6 Å². The van der Waals surface area contributed by atoms with Crippen LogP contribution in [-0.2, 0) is 11.2 Å². The van der Waals surface area contributed by atoms with Crippen LogP contribution in [0.3, 0.4) is 0 Å². The Bertz CT molecular complexity index is 548. The van der Waals surface area contributed by atoms with Crippen molar-refractivity contribution in [2.75, 3.05) is 33.2 Å². The lowest BCUT2D eigenvalue weighted by Gasteiger charge is -2.32. The van der Waals surface area contributed by atoms with Crippen molar-refractivity contribution in [2.45, 2.75) is 19.3 Å². The van der Waals surface area contributed by atoms with E-state index in [0.29, 0.717) is 18.4 Å². The SMILES string of the molecule is C=CCNC(=NC)NCC(=O)N1CCC(Cc2ccccc2)CC1. The standard InChI is InChI=1S/C19H28N4O/c1-3-11-21-19(20-2)22-15-18(24)23-12-9-17(10-13-23)14-16-7-5-4-6-8-16/h3-8,17H,1,9-15H2,2H3,(H2,20,21,22). The molecule has 1 aromatic rings. The molecule has 2 rings (SSSR count). The Balaban J connectivity index is 1.71. The van der Waals surface area contributed by atoms with Crippen molar-refractivity contribution in [2.24, 2.45) is 10.9 Å². The second-order valence-corrected chi connectivity index (χ2v) is 6.11. The summed E-state index contributed by atoms with van der Waals surface area (Å²) < 4.78 is 0. The molecule has 1 aliphatic rings. The van der Waals surface area contributed by atoms with Crippen LogP contribution in [0.2, 0.25) is 0 Å². The summed E-state index contributed by atoms with van der Waals surface area (Å²) in [4.78, 5) is 18.3. The molecule has 24 heavy (non-hydrogen) atoms. The highest BCUT2D eigenvalue weighted by Gasteiger charge is 2.22. The van der Waals surface area contributed by atoms with Crippen molar-refractivity contribution in [3.63, 3.8) is 0 Å². The molecule has 0 saturated carbocycles. The second kappa shape index (κ2) is 9.75. The zero-order valence-corrected chi connectivity index (χ0v) is 14.5. The van der Waals surface area contributed by atoms with Gasteiger partial charge >= 0.3 is 0 Å². The number of carbonyl (C=O) groups excluding carboxylic acids is 1. The summed E-state index contributed by atoms with van der Waals surface area (Å²) in [5.41, 5.74) is 1.39. The number of hydrogen-bond donors (Lipinski definition) is 2. The summed E-state index contributed by atoms with van der Waals surface area (Å²) in [5, 5.41) is 6.11. The molecule has 1 aliphatic heterocycles. The first kappa shape index (κ1) is 18.0. The van der Waals surface area contributed by atoms with Crippen LogP contribution in [0.5, 0.6) is 0 Å². The van der Waals surface area contributed by atoms with Gasteiger partial charge in [0.25, 0.3) is 0 Å². The van der Waals surface area contributed by atoms with Crippen LogP contribution in [0.1, 0.15) is 18.4 Å². The van der Waals surface area contributed by atoms with Gasteiger partial charge in [0.2, 0.25) is 5.91 Å². The molecule has 0 spiro atoms. The lowest BCUT2D eigenvalue weighted by atomic mass is 9.90. The van der Waals surface area contributed by atoms with Gasteiger partial charge in [0.1, 0.15) is 0 Å². The first-order valence-corrected chi connectivity index (χ1v) is 8.60. The normalized spacial score (nSPS) is 15.9. The van der Waals surface area contributed by atoms with Gasteiger partial charge in [0.15, 0.2) is 5.96 Å². The molecule has 0 aromatic heterocycles. The van der Waals surface area contributed by atoms with E-state index in [9.17, 15) is 4.79 Å². The number of amides is 1. The van der Waals surface area contributed by atoms with E-state index in [1.807, 2.05) is 4.90 Å². The van der Waals surface area contributed by atoms with Gasteiger partial charge in [-0.1, -0.05) is 36.4 Å². The minimum atomic E-state index is 0.134. The van der Waals surface area contributed by atoms with Gasteiger partial charge in [0, 0.05) is 26.7 Å². The second-order valence-electron chi connectivity index (χ2n) is 6.11. The highest BCUT2D eigenvalue weighted by molar-refractivity contribution is 5.86.